The van der Waals surface area contributed by atoms with Crippen LogP contribution < -0.4 is 0 Å². The number of hydrogen-bond acceptors (Lipinski definition) is 4. The predicted octanol–water partition coefficient (Wildman–Crippen LogP) is 6.07. The molecule has 0 aliphatic carbocycles. The van der Waals surface area contributed by atoms with E-state index in [0.717, 1.165) is 75.7 Å². The third-order valence-corrected chi connectivity index (χ3v) is 8.91. The van der Waals surface area contributed by atoms with Gasteiger partial charge in [-0.2, -0.15) is 5.26 Å². The molecule has 0 radical (unpaired) electrons. The summed E-state index contributed by atoms with van der Waals surface area (Å²) in [5, 5.41) is 10.8. The van der Waals surface area contributed by atoms with E-state index >= 15 is 0 Å². The maximum absolute atomic E-state index is 9.44. The smallest absolute Gasteiger partial charge is 0.0710 e. The van der Waals surface area contributed by atoms with E-state index < -0.39 is 0 Å². The molecule has 0 N–H and O–H groups in total. The molecule has 0 saturated carbocycles. The second-order valence-corrected chi connectivity index (χ2v) is 11.7. The first kappa shape index (κ1) is 25.1. The van der Waals surface area contributed by atoms with Crippen LogP contribution in [0.3, 0.4) is 0 Å². The summed E-state index contributed by atoms with van der Waals surface area (Å²) in [6.07, 6.45) is 5.18. The summed E-state index contributed by atoms with van der Waals surface area (Å²) in [6, 6.07) is 19.0. The highest BCUT2D eigenvalue weighted by molar-refractivity contribution is 6.35. The number of halogens is 2. The number of nitrogens with zero attached hydrogens (tertiary/aromatic N) is 3. The van der Waals surface area contributed by atoms with Crippen molar-refractivity contribution in [2.45, 2.75) is 44.2 Å². The lowest BCUT2D eigenvalue weighted by atomic mass is 9.83. The van der Waals surface area contributed by atoms with E-state index in [4.69, 9.17) is 27.9 Å². The van der Waals surface area contributed by atoms with Crippen molar-refractivity contribution in [1.82, 2.24) is 9.80 Å². The van der Waals surface area contributed by atoms with Crippen molar-refractivity contribution in [3.8, 4) is 6.07 Å². The van der Waals surface area contributed by atoms with E-state index in [9.17, 15) is 5.26 Å². The lowest BCUT2D eigenvalue weighted by Gasteiger charge is -2.40. The molecule has 1 spiro atoms. The Morgan fingerprint density at radius 3 is 2.51 bits per heavy atom. The Hall–Kier alpha value is -1.61. The van der Waals surface area contributed by atoms with Gasteiger partial charge in [-0.25, -0.2) is 0 Å². The average Bonchev–Trinajstić information content (AvgIpc) is 3.42. The Morgan fingerprint density at radius 2 is 1.77 bits per heavy atom. The van der Waals surface area contributed by atoms with Crippen LogP contribution in [0.2, 0.25) is 10.0 Å². The first-order valence-electron chi connectivity index (χ1n) is 13.0. The van der Waals surface area contributed by atoms with Crippen LogP contribution in [0.5, 0.6) is 0 Å². The molecule has 3 aliphatic rings. The zero-order valence-corrected chi connectivity index (χ0v) is 21.9. The number of piperidine rings is 1. The van der Waals surface area contributed by atoms with E-state index in [2.05, 4.69) is 46.2 Å². The highest BCUT2D eigenvalue weighted by Gasteiger charge is 2.43. The normalized spacial score (nSPS) is 26.8. The topological polar surface area (TPSA) is 39.5 Å². The van der Waals surface area contributed by atoms with Gasteiger partial charge in [-0.15, -0.1) is 0 Å². The van der Waals surface area contributed by atoms with E-state index in [1.807, 2.05) is 18.2 Å². The van der Waals surface area contributed by atoms with Gasteiger partial charge in [0.1, 0.15) is 0 Å². The van der Waals surface area contributed by atoms with Crippen LogP contribution in [-0.4, -0.2) is 54.7 Å². The van der Waals surface area contributed by atoms with Gasteiger partial charge in [0, 0.05) is 55.7 Å². The summed E-state index contributed by atoms with van der Waals surface area (Å²) in [5.74, 6) is 1.57. The quantitative estimate of drug-likeness (QED) is 0.452. The number of nitriles is 1. The Bertz CT molecular complexity index is 1030. The lowest BCUT2D eigenvalue weighted by Crippen LogP contribution is -2.46. The molecular formula is C29H35Cl2N3O. The summed E-state index contributed by atoms with van der Waals surface area (Å²) in [4.78, 5) is 5.08. The molecule has 0 amide bonds. The van der Waals surface area contributed by atoms with Gasteiger partial charge in [0.15, 0.2) is 0 Å². The number of rotatable bonds is 7. The summed E-state index contributed by atoms with van der Waals surface area (Å²) in [5.41, 5.74) is 2.61. The molecule has 5 rings (SSSR count). The van der Waals surface area contributed by atoms with E-state index in [-0.39, 0.29) is 5.60 Å². The number of benzene rings is 2. The van der Waals surface area contributed by atoms with Crippen LogP contribution in [0.4, 0.5) is 0 Å². The molecule has 2 aromatic carbocycles. The molecule has 35 heavy (non-hydrogen) atoms. The Balaban J connectivity index is 1.13. The third-order valence-electron chi connectivity index (χ3n) is 8.33. The molecule has 3 atom stereocenters. The summed E-state index contributed by atoms with van der Waals surface area (Å²) in [6.45, 7) is 6.94. The predicted molar refractivity (Wildman–Crippen MR) is 142 cm³/mol. The minimum atomic E-state index is 0.0784. The van der Waals surface area contributed by atoms with Crippen molar-refractivity contribution >= 4 is 23.2 Å². The number of likely N-dealkylation sites (tertiary alicyclic amines) is 2. The zero-order chi connectivity index (χ0) is 24.3. The maximum Gasteiger partial charge on any atom is 0.0710 e. The van der Waals surface area contributed by atoms with Crippen molar-refractivity contribution in [1.29, 1.82) is 5.26 Å². The maximum atomic E-state index is 9.44. The molecule has 3 fully saturated rings. The largest absolute Gasteiger partial charge is 0.375 e. The molecular weight excluding hydrogens is 477 g/mol. The van der Waals surface area contributed by atoms with E-state index in [0.29, 0.717) is 29.2 Å². The van der Waals surface area contributed by atoms with E-state index in [1.165, 1.54) is 12.0 Å². The lowest BCUT2D eigenvalue weighted by molar-refractivity contribution is -0.0462. The molecule has 186 valence electrons. The van der Waals surface area contributed by atoms with Crippen LogP contribution in [0.25, 0.3) is 0 Å². The SMILES string of the molecule is N#CC[C@H]1CN(Cc2ccc(Cl)cc2Cl)C[C@@H]1CN1CCC2(CC1)CC(Cc1ccccc1)CO2. The molecule has 2 aromatic rings. The second-order valence-electron chi connectivity index (χ2n) is 10.9. The van der Waals surface area contributed by atoms with Crippen molar-refractivity contribution < 1.29 is 4.74 Å². The molecule has 3 saturated heterocycles. The fourth-order valence-corrected chi connectivity index (χ4v) is 6.92. The minimum Gasteiger partial charge on any atom is -0.375 e. The van der Waals surface area contributed by atoms with Gasteiger partial charge in [-0.3, -0.25) is 4.90 Å². The fraction of sp³-hybridized carbons (Fsp3) is 0.552. The standard InChI is InChI=1S/C29H35Cl2N3O/c30-27-7-6-25(28(31)15-27)18-34-17-24(8-11-32)26(20-34)19-33-12-9-29(10-13-33)16-23(21-35-29)14-22-4-2-1-3-5-22/h1-7,15,23-24,26H,8-10,12-14,16-21H2/t23?,24-,26-/m0/s1. The summed E-state index contributed by atoms with van der Waals surface area (Å²) < 4.78 is 6.45. The van der Waals surface area contributed by atoms with Gasteiger partial charge in [0.25, 0.3) is 0 Å². The minimum absolute atomic E-state index is 0.0784. The fourth-order valence-electron chi connectivity index (χ4n) is 6.45. The molecule has 0 bridgehead atoms. The summed E-state index contributed by atoms with van der Waals surface area (Å²) in [7, 11) is 0. The highest BCUT2D eigenvalue weighted by atomic mass is 35.5. The molecule has 4 nitrogen and oxygen atoms in total. The monoisotopic (exact) mass is 511 g/mol. The van der Waals surface area contributed by atoms with Crippen LogP contribution in [0.15, 0.2) is 48.5 Å². The highest BCUT2D eigenvalue weighted by Crippen LogP contribution is 2.40. The van der Waals surface area contributed by atoms with Crippen molar-refractivity contribution in [3.05, 3.63) is 69.7 Å². The van der Waals surface area contributed by atoms with Crippen LogP contribution in [0.1, 0.15) is 36.8 Å². The first-order valence-corrected chi connectivity index (χ1v) is 13.7. The zero-order valence-electron chi connectivity index (χ0n) is 20.3. The van der Waals surface area contributed by atoms with Crippen molar-refractivity contribution in [3.63, 3.8) is 0 Å². The Labute approximate surface area is 219 Å². The first-order chi connectivity index (χ1) is 17.0. The van der Waals surface area contributed by atoms with Gasteiger partial charge in [-0.05, 0) is 66.7 Å². The third kappa shape index (κ3) is 6.21. The van der Waals surface area contributed by atoms with Crippen molar-refractivity contribution in [2.24, 2.45) is 17.8 Å². The van der Waals surface area contributed by atoms with Crippen molar-refractivity contribution in [2.75, 3.05) is 39.3 Å². The van der Waals surface area contributed by atoms with Gasteiger partial charge in [0.05, 0.1) is 18.3 Å². The molecule has 3 heterocycles. The molecule has 1 unspecified atom stereocenters. The van der Waals surface area contributed by atoms with Crippen LogP contribution >= 0.6 is 23.2 Å². The Morgan fingerprint density at radius 1 is 1.00 bits per heavy atom. The molecule has 0 aromatic heterocycles. The van der Waals surface area contributed by atoms with Gasteiger partial charge >= 0.3 is 0 Å². The van der Waals surface area contributed by atoms with Crippen LogP contribution in [-0.2, 0) is 17.7 Å². The molecule has 3 aliphatic heterocycles. The Kier molecular flexibility index (Phi) is 8.02. The molecule has 6 heteroatoms. The van der Waals surface area contributed by atoms with Gasteiger partial charge in [-0.1, -0.05) is 59.6 Å². The number of ether oxygens (including phenoxy) is 1. The van der Waals surface area contributed by atoms with Crippen LogP contribution in [0, 0.1) is 29.1 Å². The second kappa shape index (κ2) is 11.2. The summed E-state index contributed by atoms with van der Waals surface area (Å²) >= 11 is 12.5. The average molecular weight is 513 g/mol. The van der Waals surface area contributed by atoms with E-state index in [1.54, 1.807) is 0 Å². The van der Waals surface area contributed by atoms with Gasteiger partial charge in [0.2, 0.25) is 0 Å². The number of hydrogen-bond donors (Lipinski definition) is 0. The van der Waals surface area contributed by atoms with Gasteiger partial charge < -0.3 is 9.64 Å².